The van der Waals surface area contributed by atoms with E-state index in [0.29, 0.717) is 31.4 Å². The van der Waals surface area contributed by atoms with Gasteiger partial charge in [-0.05, 0) is 63.9 Å². The van der Waals surface area contributed by atoms with Gasteiger partial charge in [-0.25, -0.2) is 4.79 Å². The van der Waals surface area contributed by atoms with Crippen LogP contribution >= 0.6 is 0 Å². The molecule has 1 aromatic rings. The first-order valence-corrected chi connectivity index (χ1v) is 15.3. The first-order valence-electron chi connectivity index (χ1n) is 15.3. The number of carbonyl (C=O) groups is 7. The molecule has 0 bridgehead atoms. The van der Waals surface area contributed by atoms with Gasteiger partial charge in [0.2, 0.25) is 23.6 Å². The van der Waals surface area contributed by atoms with Crippen molar-refractivity contribution in [1.82, 2.24) is 26.6 Å². The number of aliphatic hydroxyl groups is 1. The maximum Gasteiger partial charge on any atom is 0.326 e. The molecule has 0 radical (unpaired) electrons. The number of aliphatic hydroxyl groups excluding tert-OH is 1. The summed E-state index contributed by atoms with van der Waals surface area (Å²) in [6, 6.07) is -1.62. The van der Waals surface area contributed by atoms with E-state index >= 15 is 0 Å². The molecule has 0 heterocycles. The Morgan fingerprint density at radius 1 is 0.688 bits per heavy atom. The number of benzene rings is 1. The fraction of sp³-hybridized carbons (Fsp3) is 0.567. The zero-order valence-electron chi connectivity index (χ0n) is 26.8. The number of carboxylic acids is 3. The summed E-state index contributed by atoms with van der Waals surface area (Å²) >= 11 is 0. The van der Waals surface area contributed by atoms with Crippen molar-refractivity contribution in [3.8, 4) is 5.75 Å². The second kappa shape index (κ2) is 21.1. The molecule has 4 amide bonds. The molecule has 18 heteroatoms. The van der Waals surface area contributed by atoms with E-state index in [1.807, 2.05) is 0 Å². The maximum atomic E-state index is 13.4. The number of hydrogen-bond donors (Lipinski definition) is 11. The summed E-state index contributed by atoms with van der Waals surface area (Å²) in [5.74, 6) is -8.05. The first kappa shape index (κ1) is 41.2. The van der Waals surface area contributed by atoms with E-state index in [-0.39, 0.29) is 12.2 Å². The van der Waals surface area contributed by atoms with Gasteiger partial charge >= 0.3 is 17.9 Å². The molecule has 18 nitrogen and oxygen atoms in total. The number of likely N-dealkylation sites (N-methyl/N-ethyl adjacent to an activating group) is 1. The Balaban J connectivity index is 3.19. The lowest BCUT2D eigenvalue weighted by Gasteiger charge is -2.27. The van der Waals surface area contributed by atoms with Gasteiger partial charge in [0.1, 0.15) is 29.9 Å². The van der Waals surface area contributed by atoms with Crippen LogP contribution in [0.2, 0.25) is 0 Å². The highest BCUT2D eigenvalue weighted by Crippen LogP contribution is 2.12. The van der Waals surface area contributed by atoms with Crippen molar-refractivity contribution in [2.45, 2.75) is 94.6 Å². The predicted octanol–water partition coefficient (Wildman–Crippen LogP) is -2.21. The van der Waals surface area contributed by atoms with Crippen molar-refractivity contribution >= 4 is 41.5 Å². The number of amides is 4. The van der Waals surface area contributed by atoms with Crippen LogP contribution in [-0.4, -0.2) is 117 Å². The van der Waals surface area contributed by atoms with Crippen molar-refractivity contribution in [3.05, 3.63) is 29.8 Å². The lowest BCUT2D eigenvalue weighted by molar-refractivity contribution is -0.143. The summed E-state index contributed by atoms with van der Waals surface area (Å²) in [6.45, 7) is 1.62. The van der Waals surface area contributed by atoms with Crippen LogP contribution in [0.1, 0.15) is 57.4 Å². The number of carbonyl (C=O) groups excluding carboxylic acids is 4. The van der Waals surface area contributed by atoms with E-state index in [1.165, 1.54) is 38.2 Å². The lowest BCUT2D eigenvalue weighted by atomic mass is 10.0. The van der Waals surface area contributed by atoms with Gasteiger partial charge in [0.25, 0.3) is 0 Å². The molecule has 1 rings (SSSR count). The van der Waals surface area contributed by atoms with Gasteiger partial charge in [-0.1, -0.05) is 18.6 Å². The topological polar surface area (TPSA) is 307 Å². The van der Waals surface area contributed by atoms with Gasteiger partial charge in [-0.3, -0.25) is 28.8 Å². The van der Waals surface area contributed by atoms with Crippen LogP contribution in [0, 0.1) is 0 Å². The summed E-state index contributed by atoms with van der Waals surface area (Å²) in [5, 5.41) is 59.8. The number of phenolic OH excluding ortho intramolecular Hbond substituents is 1. The number of rotatable bonds is 23. The molecule has 48 heavy (non-hydrogen) atoms. The third kappa shape index (κ3) is 15.2. The summed E-state index contributed by atoms with van der Waals surface area (Å²) in [6.07, 6.45) is -2.35. The lowest BCUT2D eigenvalue weighted by Crippen LogP contribution is -2.60. The highest BCUT2D eigenvalue weighted by molar-refractivity contribution is 5.96. The predicted molar refractivity (Wildman–Crippen MR) is 168 cm³/mol. The zero-order valence-corrected chi connectivity index (χ0v) is 26.8. The number of hydrogen-bond acceptors (Lipinski definition) is 11. The quantitative estimate of drug-likeness (QED) is 0.0546. The largest absolute Gasteiger partial charge is 0.508 e. The number of carboxylic acid groups (broad SMARTS) is 3. The van der Waals surface area contributed by atoms with Crippen LogP contribution in [0.4, 0.5) is 0 Å². The molecule has 268 valence electrons. The standard InChI is InChI=1S/C30H46N6O12/c1-16(37)25(36-26(43)19(32-2)5-3-4-14-31)29(46)34-21(11-13-24(41)42)27(44)33-20(10-12-23(39)40)28(45)35-22(30(47)48)15-17-6-8-18(38)9-7-17/h6-9,16,19-22,25,32,37-38H,3-5,10-15,31H2,1-2H3,(H,33,44)(H,34,46)(H,35,45)(H,36,43)(H,39,40)(H,41,42)(H,47,48). The molecule has 0 aromatic heterocycles. The smallest absolute Gasteiger partial charge is 0.326 e. The Morgan fingerprint density at radius 3 is 1.60 bits per heavy atom. The van der Waals surface area contributed by atoms with Crippen LogP contribution in [0.15, 0.2) is 24.3 Å². The Kier molecular flexibility index (Phi) is 18.2. The van der Waals surface area contributed by atoms with Crippen LogP contribution in [-0.2, 0) is 40.0 Å². The van der Waals surface area contributed by atoms with Crippen LogP contribution < -0.4 is 32.3 Å². The Labute approximate surface area is 276 Å². The summed E-state index contributed by atoms with van der Waals surface area (Å²) in [5.41, 5.74) is 5.92. The van der Waals surface area contributed by atoms with Crippen molar-refractivity contribution in [3.63, 3.8) is 0 Å². The normalized spacial score (nSPS) is 14.7. The van der Waals surface area contributed by atoms with E-state index < -0.39 is 104 Å². The molecule has 0 aliphatic heterocycles. The van der Waals surface area contributed by atoms with Gasteiger partial charge in [0.15, 0.2) is 0 Å². The number of nitrogens with one attached hydrogen (secondary N) is 5. The third-order valence-corrected chi connectivity index (χ3v) is 7.22. The Hall–Kier alpha value is -4.81. The van der Waals surface area contributed by atoms with Crippen molar-refractivity contribution in [1.29, 1.82) is 0 Å². The Morgan fingerprint density at radius 2 is 1.17 bits per heavy atom. The zero-order chi connectivity index (χ0) is 36.4. The van der Waals surface area contributed by atoms with E-state index in [9.17, 15) is 59.1 Å². The number of aliphatic carboxylic acids is 3. The molecule has 12 N–H and O–H groups in total. The minimum absolute atomic E-state index is 0.0710. The molecular weight excluding hydrogens is 636 g/mol. The molecule has 0 aliphatic rings. The molecule has 0 spiro atoms. The number of nitrogens with two attached hydrogens (primary N) is 1. The third-order valence-electron chi connectivity index (χ3n) is 7.22. The molecule has 6 unspecified atom stereocenters. The molecule has 0 saturated heterocycles. The average molecular weight is 683 g/mol. The van der Waals surface area contributed by atoms with E-state index in [2.05, 4.69) is 26.6 Å². The molecular formula is C30H46N6O12. The molecule has 1 aromatic carbocycles. The second-order valence-corrected chi connectivity index (χ2v) is 11.1. The van der Waals surface area contributed by atoms with Gasteiger partial charge < -0.3 is 57.9 Å². The summed E-state index contributed by atoms with van der Waals surface area (Å²) in [4.78, 5) is 87.1. The monoisotopic (exact) mass is 682 g/mol. The molecule has 0 aliphatic carbocycles. The average Bonchev–Trinajstić information content (AvgIpc) is 3.01. The van der Waals surface area contributed by atoms with Gasteiger partial charge in [0.05, 0.1) is 12.1 Å². The Bertz CT molecular complexity index is 1260. The minimum atomic E-state index is -1.64. The number of aromatic hydroxyl groups is 1. The van der Waals surface area contributed by atoms with Crippen molar-refractivity contribution < 1.29 is 59.1 Å². The van der Waals surface area contributed by atoms with E-state index in [4.69, 9.17) is 5.73 Å². The highest BCUT2D eigenvalue weighted by Gasteiger charge is 2.34. The molecule has 6 atom stereocenters. The summed E-state index contributed by atoms with van der Waals surface area (Å²) < 4.78 is 0. The van der Waals surface area contributed by atoms with Gasteiger partial charge in [-0.15, -0.1) is 0 Å². The van der Waals surface area contributed by atoms with Crippen molar-refractivity contribution in [2.24, 2.45) is 5.73 Å². The van der Waals surface area contributed by atoms with Gasteiger partial charge in [0, 0.05) is 19.3 Å². The summed E-state index contributed by atoms with van der Waals surface area (Å²) in [7, 11) is 1.53. The number of unbranched alkanes of at least 4 members (excludes halogenated alkanes) is 1. The second-order valence-electron chi connectivity index (χ2n) is 11.1. The minimum Gasteiger partial charge on any atom is -0.508 e. The van der Waals surface area contributed by atoms with E-state index in [0.717, 1.165) is 0 Å². The van der Waals surface area contributed by atoms with Crippen LogP contribution in [0.25, 0.3) is 0 Å². The fourth-order valence-electron chi connectivity index (χ4n) is 4.51. The van der Waals surface area contributed by atoms with E-state index in [1.54, 1.807) is 0 Å². The molecule has 0 saturated carbocycles. The van der Waals surface area contributed by atoms with Crippen LogP contribution in [0.5, 0.6) is 5.75 Å². The maximum absolute atomic E-state index is 13.4. The molecule has 0 fully saturated rings. The van der Waals surface area contributed by atoms with Gasteiger partial charge in [-0.2, -0.15) is 0 Å². The first-order chi connectivity index (χ1) is 22.6. The SMILES string of the molecule is CNC(CCCCN)C(=O)NC(C(=O)NC(CCC(=O)O)C(=O)NC(CCC(=O)O)C(=O)NC(Cc1ccc(O)cc1)C(=O)O)C(C)O. The fourth-order valence-corrected chi connectivity index (χ4v) is 4.51. The number of phenols is 1. The van der Waals surface area contributed by atoms with Crippen molar-refractivity contribution in [2.75, 3.05) is 13.6 Å². The van der Waals surface area contributed by atoms with Crippen LogP contribution in [0.3, 0.4) is 0 Å². The highest BCUT2D eigenvalue weighted by atomic mass is 16.4.